The van der Waals surface area contributed by atoms with Crippen molar-refractivity contribution in [3.05, 3.63) is 36.0 Å². The molecule has 0 radical (unpaired) electrons. The molecule has 4 aliphatic rings. The Hall–Kier alpha value is -1.11. The fourth-order valence-corrected chi connectivity index (χ4v) is 7.99. The summed E-state index contributed by atoms with van der Waals surface area (Å²) < 4.78 is 0. The zero-order valence-corrected chi connectivity index (χ0v) is 19.4. The number of hydrogen-bond acceptors (Lipinski definition) is 1. The third-order valence-corrected chi connectivity index (χ3v) is 9.98. The van der Waals surface area contributed by atoms with Crippen LogP contribution in [0, 0.1) is 46.3 Å². The first kappa shape index (κ1) is 21.1. The van der Waals surface area contributed by atoms with Gasteiger partial charge in [-0.05, 0) is 105 Å². The van der Waals surface area contributed by atoms with E-state index in [1.165, 1.54) is 50.5 Å². The molecule has 7 unspecified atom stereocenters. The minimum Gasteiger partial charge on any atom is -0.294 e. The highest BCUT2D eigenvalue weighted by Crippen LogP contribution is 2.66. The first-order valence-corrected chi connectivity index (χ1v) is 12.4. The highest BCUT2D eigenvalue weighted by molar-refractivity contribution is 5.99. The number of carbonyl (C=O) groups excluding carboxylic acids is 1. The summed E-state index contributed by atoms with van der Waals surface area (Å²) in [4.78, 5) is 13.0. The van der Waals surface area contributed by atoms with Crippen molar-refractivity contribution in [2.75, 3.05) is 0 Å². The van der Waals surface area contributed by atoms with Crippen LogP contribution in [0.3, 0.4) is 0 Å². The summed E-state index contributed by atoms with van der Waals surface area (Å²) in [6.07, 6.45) is 21.4. The number of fused-ring (bicyclic) bond motifs is 5. The van der Waals surface area contributed by atoms with Crippen LogP contribution in [0.1, 0.15) is 86.0 Å². The summed E-state index contributed by atoms with van der Waals surface area (Å²) >= 11 is 0. The number of carbonyl (C=O) groups is 1. The highest BCUT2D eigenvalue weighted by Gasteiger charge is 2.59. The first-order valence-electron chi connectivity index (χ1n) is 12.4. The van der Waals surface area contributed by atoms with Crippen LogP contribution < -0.4 is 0 Å². The van der Waals surface area contributed by atoms with Gasteiger partial charge in [0, 0.05) is 0 Å². The van der Waals surface area contributed by atoms with Gasteiger partial charge in [0.15, 0.2) is 5.78 Å². The number of ketones is 1. The fraction of sp³-hybridized carbons (Fsp3) is 0.750. The molecule has 7 atom stereocenters. The molecule has 0 aromatic heterocycles. The van der Waals surface area contributed by atoms with Crippen LogP contribution in [0.2, 0.25) is 0 Å². The molecule has 0 saturated heterocycles. The van der Waals surface area contributed by atoms with Gasteiger partial charge in [-0.3, -0.25) is 4.79 Å². The molecule has 0 heterocycles. The third-order valence-electron chi connectivity index (χ3n) is 9.98. The lowest BCUT2D eigenvalue weighted by Gasteiger charge is -2.57. The van der Waals surface area contributed by atoms with Gasteiger partial charge in [0.1, 0.15) is 0 Å². The van der Waals surface area contributed by atoms with Gasteiger partial charge in [0.05, 0.1) is 5.41 Å². The van der Waals surface area contributed by atoms with Crippen LogP contribution in [0.5, 0.6) is 0 Å². The Morgan fingerprint density at radius 2 is 1.93 bits per heavy atom. The normalized spacial score (nSPS) is 42.6. The van der Waals surface area contributed by atoms with Gasteiger partial charge in [-0.15, -0.1) is 0 Å². The van der Waals surface area contributed by atoms with E-state index in [2.05, 4.69) is 52.8 Å². The van der Waals surface area contributed by atoms with Crippen molar-refractivity contribution < 1.29 is 4.79 Å². The van der Waals surface area contributed by atoms with Gasteiger partial charge in [-0.25, -0.2) is 0 Å². The Morgan fingerprint density at radius 3 is 2.66 bits per heavy atom. The zero-order valence-electron chi connectivity index (χ0n) is 19.4. The van der Waals surface area contributed by atoms with Gasteiger partial charge < -0.3 is 0 Å². The van der Waals surface area contributed by atoms with E-state index in [0.29, 0.717) is 17.1 Å². The van der Waals surface area contributed by atoms with Crippen LogP contribution in [0.25, 0.3) is 0 Å². The molecule has 0 amide bonds. The minimum absolute atomic E-state index is 0.206. The summed E-state index contributed by atoms with van der Waals surface area (Å²) in [5.74, 6) is 4.82. The molecular weight excluding hydrogens is 352 g/mol. The molecule has 1 nitrogen and oxygen atoms in total. The van der Waals surface area contributed by atoms with Crippen molar-refractivity contribution in [3.63, 3.8) is 0 Å². The molecule has 0 N–H and O–H groups in total. The van der Waals surface area contributed by atoms with E-state index in [0.717, 1.165) is 36.0 Å². The summed E-state index contributed by atoms with van der Waals surface area (Å²) in [7, 11) is 0. The lowest BCUT2D eigenvalue weighted by Crippen LogP contribution is -2.52. The van der Waals surface area contributed by atoms with Crippen molar-refractivity contribution >= 4 is 5.78 Å². The first-order chi connectivity index (χ1) is 13.8. The summed E-state index contributed by atoms with van der Waals surface area (Å²) in [6, 6.07) is 0. The van der Waals surface area contributed by atoms with E-state index in [1.807, 2.05) is 12.2 Å². The number of hydrogen-bond donors (Lipinski definition) is 0. The second-order valence-electron chi connectivity index (χ2n) is 11.3. The fourth-order valence-electron chi connectivity index (χ4n) is 7.99. The van der Waals surface area contributed by atoms with Gasteiger partial charge in [0.2, 0.25) is 0 Å². The van der Waals surface area contributed by atoms with Gasteiger partial charge in [-0.2, -0.15) is 0 Å². The van der Waals surface area contributed by atoms with Crippen molar-refractivity contribution in [2.24, 2.45) is 46.3 Å². The van der Waals surface area contributed by atoms with Gasteiger partial charge >= 0.3 is 0 Å². The average molecular weight is 395 g/mol. The van der Waals surface area contributed by atoms with E-state index < -0.39 is 0 Å². The molecule has 3 fully saturated rings. The molecule has 0 aromatic rings. The summed E-state index contributed by atoms with van der Waals surface area (Å²) in [6.45, 7) is 11.9. The van der Waals surface area contributed by atoms with E-state index in [9.17, 15) is 4.79 Å². The van der Waals surface area contributed by atoms with Crippen LogP contribution in [-0.4, -0.2) is 5.78 Å². The lowest BCUT2D eigenvalue weighted by molar-refractivity contribution is -0.131. The van der Waals surface area contributed by atoms with Crippen molar-refractivity contribution in [1.29, 1.82) is 0 Å². The van der Waals surface area contributed by atoms with Crippen LogP contribution in [-0.2, 0) is 4.79 Å². The second-order valence-corrected chi connectivity index (χ2v) is 11.3. The average Bonchev–Trinajstić information content (AvgIpc) is 3.02. The quantitative estimate of drug-likeness (QED) is 0.440. The van der Waals surface area contributed by atoms with Crippen LogP contribution in [0.4, 0.5) is 0 Å². The largest absolute Gasteiger partial charge is 0.294 e. The summed E-state index contributed by atoms with van der Waals surface area (Å²) in [5, 5.41) is 0. The van der Waals surface area contributed by atoms with Crippen LogP contribution in [0.15, 0.2) is 36.0 Å². The summed E-state index contributed by atoms with van der Waals surface area (Å²) in [5.41, 5.74) is 1.70. The predicted octanol–water partition coefficient (Wildman–Crippen LogP) is 7.54. The van der Waals surface area contributed by atoms with E-state index in [-0.39, 0.29) is 5.41 Å². The molecule has 1 heteroatoms. The highest BCUT2D eigenvalue weighted by atomic mass is 16.1. The predicted molar refractivity (Wildman–Crippen MR) is 122 cm³/mol. The Balaban J connectivity index is 1.50. The topological polar surface area (TPSA) is 17.1 Å². The third kappa shape index (κ3) is 3.31. The Kier molecular flexibility index (Phi) is 5.73. The Bertz CT molecular complexity index is 725. The molecule has 160 valence electrons. The molecule has 0 aliphatic heterocycles. The van der Waals surface area contributed by atoms with Crippen molar-refractivity contribution in [2.45, 2.75) is 86.0 Å². The zero-order chi connectivity index (χ0) is 20.8. The smallest absolute Gasteiger partial charge is 0.165 e. The van der Waals surface area contributed by atoms with E-state index in [1.54, 1.807) is 0 Å². The standard InChI is InChI=1S/C28H42O/c1-6-20(19(2)3)9-7-10-21-14-16-24-23-15-13-22-11-8-12-26(29)28(22,5)25(23)17-18-27(21,24)4/h7-9,11-12,19-21,23-25H,6,10,13-18H2,1-5H3/b9-7+. The van der Waals surface area contributed by atoms with Gasteiger partial charge in [0.25, 0.3) is 0 Å². The minimum atomic E-state index is -0.206. The number of allylic oxidation sites excluding steroid dienone is 6. The molecule has 3 saturated carbocycles. The Morgan fingerprint density at radius 1 is 1.14 bits per heavy atom. The maximum atomic E-state index is 13.0. The maximum Gasteiger partial charge on any atom is 0.165 e. The van der Waals surface area contributed by atoms with E-state index >= 15 is 0 Å². The number of rotatable bonds is 5. The lowest BCUT2D eigenvalue weighted by atomic mass is 9.47. The molecule has 0 aromatic carbocycles. The molecular formula is C28H42O. The van der Waals surface area contributed by atoms with E-state index in [4.69, 9.17) is 0 Å². The van der Waals surface area contributed by atoms with Crippen molar-refractivity contribution in [1.82, 2.24) is 0 Å². The Labute approximate surface area is 179 Å². The second kappa shape index (κ2) is 7.86. The monoisotopic (exact) mass is 394 g/mol. The van der Waals surface area contributed by atoms with Crippen molar-refractivity contribution in [3.8, 4) is 0 Å². The molecule has 4 rings (SSSR count). The van der Waals surface area contributed by atoms with Gasteiger partial charge in [-0.1, -0.05) is 57.6 Å². The maximum absolute atomic E-state index is 13.0. The molecule has 0 spiro atoms. The molecule has 4 aliphatic carbocycles. The van der Waals surface area contributed by atoms with Crippen LogP contribution >= 0.6 is 0 Å². The SMILES string of the molecule is CCC(/C=C/CC1CCC2C3CCC4=CC=CC(=O)C4(C)C3CCC12C)C(C)C. The molecule has 0 bridgehead atoms. The molecule has 29 heavy (non-hydrogen) atoms.